The first-order valence-electron chi connectivity index (χ1n) is 3.44. The maximum absolute atomic E-state index is 10.9. The van der Waals surface area contributed by atoms with Gasteiger partial charge in [-0.15, -0.1) is 0 Å². The average Bonchev–Trinajstić information content (AvgIpc) is 1.96. The number of hydrogen-bond acceptors (Lipinski definition) is 3. The fraction of sp³-hybridized carbons (Fsp3) is 0.667. The van der Waals surface area contributed by atoms with E-state index in [9.17, 15) is 13.8 Å². The molecule has 0 rings (SSSR count). The maximum Gasteiger partial charge on any atom is 0.218 e. The third kappa shape index (κ3) is 7.20. The molecule has 6 heteroatoms. The van der Waals surface area contributed by atoms with Crippen LogP contribution in [0.5, 0.6) is 0 Å². The second kappa shape index (κ2) is 5.70. The van der Waals surface area contributed by atoms with Crippen molar-refractivity contribution in [3.05, 3.63) is 0 Å². The highest BCUT2D eigenvalue weighted by atomic mass is 32.2. The molecule has 0 fully saturated rings. The van der Waals surface area contributed by atoms with Crippen molar-refractivity contribution in [2.24, 2.45) is 11.5 Å². The molecule has 0 radical (unpaired) electrons. The highest BCUT2D eigenvalue weighted by Crippen LogP contribution is 1.90. The van der Waals surface area contributed by atoms with Crippen molar-refractivity contribution >= 4 is 22.6 Å². The number of carbonyl (C=O) groups excluding carboxylic acids is 2. The van der Waals surface area contributed by atoms with Crippen molar-refractivity contribution < 1.29 is 13.8 Å². The lowest BCUT2D eigenvalue weighted by Gasteiger charge is -1.97. The minimum Gasteiger partial charge on any atom is -0.370 e. The maximum atomic E-state index is 10.9. The standard InChI is InChI=1S/C6H12N2O3S/c7-5(9)1-3-12(11)4-2-6(8)10/h1-4H2,(H2,7,9)(H2,8,10). The molecule has 0 atom stereocenters. The van der Waals surface area contributed by atoms with Gasteiger partial charge in [0.25, 0.3) is 0 Å². The van der Waals surface area contributed by atoms with Gasteiger partial charge in [0, 0.05) is 35.1 Å². The number of nitrogens with two attached hydrogens (primary N) is 2. The minimum atomic E-state index is -1.16. The Labute approximate surface area is 72.9 Å². The van der Waals surface area contributed by atoms with Crippen molar-refractivity contribution in [3.8, 4) is 0 Å². The Morgan fingerprint density at radius 2 is 1.33 bits per heavy atom. The van der Waals surface area contributed by atoms with Crippen LogP contribution in [-0.4, -0.2) is 27.5 Å². The molecule has 2 amide bonds. The average molecular weight is 192 g/mol. The van der Waals surface area contributed by atoms with Gasteiger partial charge in [-0.25, -0.2) is 0 Å². The first kappa shape index (κ1) is 11.1. The highest BCUT2D eigenvalue weighted by molar-refractivity contribution is 7.85. The van der Waals surface area contributed by atoms with E-state index in [2.05, 4.69) is 0 Å². The van der Waals surface area contributed by atoms with Crippen LogP contribution in [0, 0.1) is 0 Å². The number of rotatable bonds is 6. The van der Waals surface area contributed by atoms with E-state index < -0.39 is 22.6 Å². The zero-order chi connectivity index (χ0) is 9.56. The van der Waals surface area contributed by atoms with E-state index in [4.69, 9.17) is 11.5 Å². The van der Waals surface area contributed by atoms with E-state index in [1.165, 1.54) is 0 Å². The quantitative estimate of drug-likeness (QED) is 0.534. The number of amides is 2. The molecule has 0 unspecified atom stereocenters. The van der Waals surface area contributed by atoms with Crippen LogP contribution in [0.4, 0.5) is 0 Å². The van der Waals surface area contributed by atoms with Gasteiger partial charge in [-0.3, -0.25) is 13.8 Å². The first-order valence-corrected chi connectivity index (χ1v) is 4.92. The molecule has 0 saturated carbocycles. The minimum absolute atomic E-state index is 0.0887. The van der Waals surface area contributed by atoms with Gasteiger partial charge in [0.05, 0.1) is 0 Å². The van der Waals surface area contributed by atoms with Crippen LogP contribution < -0.4 is 11.5 Å². The molecule has 0 aromatic carbocycles. The van der Waals surface area contributed by atoms with Crippen molar-refractivity contribution in [2.45, 2.75) is 12.8 Å². The van der Waals surface area contributed by atoms with Gasteiger partial charge in [0.1, 0.15) is 0 Å². The van der Waals surface area contributed by atoms with Gasteiger partial charge in [0.15, 0.2) is 0 Å². The largest absolute Gasteiger partial charge is 0.370 e. The summed E-state index contributed by atoms with van der Waals surface area (Å²) in [5.41, 5.74) is 9.66. The lowest BCUT2D eigenvalue weighted by atomic mass is 10.5. The molecule has 70 valence electrons. The summed E-state index contributed by atoms with van der Waals surface area (Å²) in [6, 6.07) is 0. The molecule has 4 N–H and O–H groups in total. The lowest BCUT2D eigenvalue weighted by molar-refractivity contribution is -0.118. The summed E-state index contributed by atoms with van der Waals surface area (Å²) in [6.07, 6.45) is 0.177. The van der Waals surface area contributed by atoms with E-state index >= 15 is 0 Å². The topological polar surface area (TPSA) is 103 Å². The zero-order valence-corrected chi connectivity index (χ0v) is 7.43. The summed E-state index contributed by atoms with van der Waals surface area (Å²) in [7, 11) is -1.16. The Morgan fingerprint density at radius 1 is 1.00 bits per heavy atom. The van der Waals surface area contributed by atoms with Crippen molar-refractivity contribution in [1.29, 1.82) is 0 Å². The summed E-state index contributed by atoms with van der Waals surface area (Å²) in [6.45, 7) is 0. The first-order chi connectivity index (χ1) is 5.52. The molecule has 0 aliphatic heterocycles. The Hall–Kier alpha value is -0.910. The smallest absolute Gasteiger partial charge is 0.218 e. The van der Waals surface area contributed by atoms with E-state index in [0.29, 0.717) is 0 Å². The molecule has 0 aromatic heterocycles. The van der Waals surface area contributed by atoms with E-state index in [0.717, 1.165) is 0 Å². The molecule has 12 heavy (non-hydrogen) atoms. The Bertz CT molecular complexity index is 185. The van der Waals surface area contributed by atoms with Crippen LogP contribution >= 0.6 is 0 Å². The van der Waals surface area contributed by atoms with Gasteiger partial charge < -0.3 is 11.5 Å². The number of carbonyl (C=O) groups is 2. The van der Waals surface area contributed by atoms with E-state index in [1.807, 2.05) is 0 Å². The summed E-state index contributed by atoms with van der Waals surface area (Å²) < 4.78 is 10.9. The Morgan fingerprint density at radius 3 is 1.58 bits per heavy atom. The lowest BCUT2D eigenvalue weighted by Crippen LogP contribution is -2.18. The van der Waals surface area contributed by atoms with E-state index in [-0.39, 0.29) is 24.3 Å². The van der Waals surface area contributed by atoms with Crippen LogP contribution in [0.1, 0.15) is 12.8 Å². The van der Waals surface area contributed by atoms with Gasteiger partial charge in [-0.2, -0.15) is 0 Å². The highest BCUT2D eigenvalue weighted by Gasteiger charge is 2.03. The van der Waals surface area contributed by atoms with Gasteiger partial charge in [-0.1, -0.05) is 0 Å². The molecular weight excluding hydrogens is 180 g/mol. The molecule has 5 nitrogen and oxygen atoms in total. The molecule has 0 heterocycles. The van der Waals surface area contributed by atoms with Crippen molar-refractivity contribution in [3.63, 3.8) is 0 Å². The second-order valence-electron chi connectivity index (χ2n) is 2.28. The van der Waals surface area contributed by atoms with Crippen LogP contribution in [0.15, 0.2) is 0 Å². The fourth-order valence-corrected chi connectivity index (χ4v) is 1.59. The Balaban J connectivity index is 3.47. The van der Waals surface area contributed by atoms with Crippen LogP contribution in [-0.2, 0) is 20.4 Å². The zero-order valence-electron chi connectivity index (χ0n) is 6.62. The molecule has 0 saturated heterocycles. The van der Waals surface area contributed by atoms with Crippen LogP contribution in [0.2, 0.25) is 0 Å². The number of primary amides is 2. The molecular formula is C6H12N2O3S. The summed E-state index contributed by atoms with van der Waals surface area (Å²) in [4.78, 5) is 20.5. The summed E-state index contributed by atoms with van der Waals surface area (Å²) >= 11 is 0. The third-order valence-electron chi connectivity index (χ3n) is 1.15. The fourth-order valence-electron chi connectivity index (χ4n) is 0.531. The van der Waals surface area contributed by atoms with Gasteiger partial charge >= 0.3 is 0 Å². The molecule has 0 aliphatic carbocycles. The van der Waals surface area contributed by atoms with Crippen LogP contribution in [0.25, 0.3) is 0 Å². The van der Waals surface area contributed by atoms with Crippen molar-refractivity contribution in [1.82, 2.24) is 0 Å². The normalized spacial score (nSPS) is 10.1. The van der Waals surface area contributed by atoms with Crippen LogP contribution in [0.3, 0.4) is 0 Å². The number of hydrogen-bond donors (Lipinski definition) is 2. The summed E-state index contributed by atoms with van der Waals surface area (Å²) in [5.74, 6) is -0.546. The molecule has 0 bridgehead atoms. The molecule has 0 spiro atoms. The monoisotopic (exact) mass is 192 g/mol. The molecule has 0 aliphatic rings. The van der Waals surface area contributed by atoms with Crippen molar-refractivity contribution in [2.75, 3.05) is 11.5 Å². The molecule has 0 aromatic rings. The predicted octanol–water partition coefficient (Wildman–Crippen LogP) is -1.51. The Kier molecular flexibility index (Phi) is 5.27. The summed E-state index contributed by atoms with van der Waals surface area (Å²) in [5, 5.41) is 0. The van der Waals surface area contributed by atoms with Gasteiger partial charge in [0.2, 0.25) is 11.8 Å². The predicted molar refractivity (Wildman–Crippen MR) is 45.5 cm³/mol. The van der Waals surface area contributed by atoms with E-state index in [1.54, 1.807) is 0 Å². The second-order valence-corrected chi connectivity index (χ2v) is 3.98. The van der Waals surface area contributed by atoms with Gasteiger partial charge in [-0.05, 0) is 0 Å². The SMILES string of the molecule is NC(=O)CCS(=O)CCC(N)=O. The third-order valence-corrected chi connectivity index (χ3v) is 2.47.